The molecule has 6 heteroatoms. The Morgan fingerprint density at radius 1 is 1.48 bits per heavy atom. The number of ether oxygens (including phenoxy) is 1. The number of H-pyrrole nitrogens is 1. The Labute approximate surface area is 132 Å². The van der Waals surface area contributed by atoms with Crippen LogP contribution in [0.4, 0.5) is 0 Å². The lowest BCUT2D eigenvalue weighted by Gasteiger charge is -2.22. The van der Waals surface area contributed by atoms with Gasteiger partial charge in [0.1, 0.15) is 0 Å². The minimum absolute atomic E-state index is 0.127. The molecule has 1 aliphatic heterocycles. The van der Waals surface area contributed by atoms with E-state index in [1.165, 1.54) is 11.3 Å². The van der Waals surface area contributed by atoms with Crippen LogP contribution in [0.5, 0.6) is 11.5 Å². The van der Waals surface area contributed by atoms with E-state index in [4.69, 9.17) is 4.74 Å². The zero-order chi connectivity index (χ0) is 15.0. The van der Waals surface area contributed by atoms with Crippen molar-refractivity contribution in [3.63, 3.8) is 0 Å². The van der Waals surface area contributed by atoms with Gasteiger partial charge in [-0.25, -0.2) is 0 Å². The molecule has 112 valence electrons. The average Bonchev–Trinajstić information content (AvgIpc) is 2.86. The van der Waals surface area contributed by atoms with E-state index in [2.05, 4.69) is 38.1 Å². The van der Waals surface area contributed by atoms with Gasteiger partial charge in [0.2, 0.25) is 0 Å². The molecule has 1 aromatic heterocycles. The Morgan fingerprint density at radius 2 is 2.29 bits per heavy atom. The Kier molecular flexibility index (Phi) is 3.91. The van der Waals surface area contributed by atoms with Crippen LogP contribution in [0.25, 0.3) is 11.3 Å². The molecule has 0 saturated carbocycles. The van der Waals surface area contributed by atoms with Gasteiger partial charge in [0.05, 0.1) is 16.8 Å². The summed E-state index contributed by atoms with van der Waals surface area (Å²) in [4.78, 5) is 2.28. The number of nitrogens with zero attached hydrogens (tertiary/aromatic N) is 2. The molecule has 0 fully saturated rings. The molecule has 1 aliphatic rings. The molecule has 5 nitrogen and oxygen atoms in total. The van der Waals surface area contributed by atoms with Crippen LogP contribution >= 0.6 is 15.9 Å². The summed E-state index contributed by atoms with van der Waals surface area (Å²) < 4.78 is 6.11. The van der Waals surface area contributed by atoms with E-state index in [9.17, 15) is 5.11 Å². The fourth-order valence-electron chi connectivity index (χ4n) is 2.64. The number of likely N-dealkylation sites (N-methyl/N-ethyl adjacent to an activating group) is 1. The number of rotatable bonds is 3. The largest absolute Gasteiger partial charge is 0.503 e. The lowest BCUT2D eigenvalue weighted by atomic mass is 10.0. The van der Waals surface area contributed by atoms with Crippen LogP contribution in [-0.2, 0) is 13.0 Å². The molecule has 2 N–H and O–H groups in total. The van der Waals surface area contributed by atoms with Crippen molar-refractivity contribution >= 4 is 15.9 Å². The van der Waals surface area contributed by atoms with Crippen molar-refractivity contribution in [1.82, 2.24) is 15.1 Å². The summed E-state index contributed by atoms with van der Waals surface area (Å²) in [5.41, 5.74) is 4.29. The maximum absolute atomic E-state index is 10.0. The van der Waals surface area contributed by atoms with Gasteiger partial charge in [0.25, 0.3) is 0 Å². The van der Waals surface area contributed by atoms with E-state index >= 15 is 0 Å². The molecule has 2 heterocycles. The standard InChI is InChI=1S/C15H18BrN3O2/c1-3-21-13-7-9(6-11(16)15(13)20)14-10-8-19(2)5-4-12(10)17-18-14/h6-7,20H,3-5,8H2,1-2H3,(H,17,18). The van der Waals surface area contributed by atoms with Crippen molar-refractivity contribution in [3.05, 3.63) is 27.9 Å². The minimum Gasteiger partial charge on any atom is -0.503 e. The molecule has 0 saturated heterocycles. The highest BCUT2D eigenvalue weighted by Crippen LogP contribution is 2.39. The van der Waals surface area contributed by atoms with E-state index in [1.807, 2.05) is 19.1 Å². The summed E-state index contributed by atoms with van der Waals surface area (Å²) in [6, 6.07) is 3.72. The van der Waals surface area contributed by atoms with Crippen LogP contribution in [0.2, 0.25) is 0 Å². The molecule has 0 unspecified atom stereocenters. The first-order valence-electron chi connectivity index (χ1n) is 7.00. The monoisotopic (exact) mass is 351 g/mol. The predicted octanol–water partition coefficient (Wildman–Crippen LogP) is 2.93. The molecule has 0 aliphatic carbocycles. The molecule has 0 spiro atoms. The number of aromatic hydroxyl groups is 1. The first-order chi connectivity index (χ1) is 10.1. The van der Waals surface area contributed by atoms with Gasteiger partial charge >= 0.3 is 0 Å². The predicted molar refractivity (Wildman–Crippen MR) is 84.6 cm³/mol. The van der Waals surface area contributed by atoms with Crippen molar-refractivity contribution in [2.75, 3.05) is 20.2 Å². The zero-order valence-corrected chi connectivity index (χ0v) is 13.7. The Bertz CT molecular complexity index is 669. The topological polar surface area (TPSA) is 61.4 Å². The number of aromatic amines is 1. The van der Waals surface area contributed by atoms with Gasteiger partial charge in [-0.15, -0.1) is 0 Å². The van der Waals surface area contributed by atoms with Crippen molar-refractivity contribution in [1.29, 1.82) is 0 Å². The van der Waals surface area contributed by atoms with E-state index in [0.717, 1.165) is 30.8 Å². The summed E-state index contributed by atoms with van der Waals surface area (Å²) in [6.07, 6.45) is 0.983. The highest BCUT2D eigenvalue weighted by Gasteiger charge is 2.22. The van der Waals surface area contributed by atoms with Gasteiger partial charge in [0.15, 0.2) is 11.5 Å². The lowest BCUT2D eigenvalue weighted by molar-refractivity contribution is 0.312. The van der Waals surface area contributed by atoms with Gasteiger partial charge in [-0.05, 0) is 42.0 Å². The summed E-state index contributed by atoms with van der Waals surface area (Å²) in [6.45, 7) is 4.32. The van der Waals surface area contributed by atoms with Gasteiger partial charge in [-0.2, -0.15) is 5.10 Å². The molecule has 2 aromatic rings. The Morgan fingerprint density at radius 3 is 3.05 bits per heavy atom. The SMILES string of the molecule is CCOc1cc(-c2n[nH]c3c2CN(C)CC3)cc(Br)c1O. The van der Waals surface area contributed by atoms with Crippen molar-refractivity contribution in [2.24, 2.45) is 0 Å². The second-order valence-electron chi connectivity index (χ2n) is 5.25. The quantitative estimate of drug-likeness (QED) is 0.892. The first-order valence-corrected chi connectivity index (χ1v) is 7.79. The van der Waals surface area contributed by atoms with Gasteiger partial charge in [-0.1, -0.05) is 0 Å². The highest BCUT2D eigenvalue weighted by molar-refractivity contribution is 9.10. The molecular weight excluding hydrogens is 334 g/mol. The van der Waals surface area contributed by atoms with Crippen LogP contribution in [0, 0.1) is 0 Å². The molecule has 0 atom stereocenters. The third kappa shape index (κ3) is 2.65. The number of hydrogen-bond donors (Lipinski definition) is 2. The Hall–Kier alpha value is -1.53. The molecular formula is C15H18BrN3O2. The zero-order valence-electron chi connectivity index (χ0n) is 12.1. The fraction of sp³-hybridized carbons (Fsp3) is 0.400. The molecule has 3 rings (SSSR count). The van der Waals surface area contributed by atoms with E-state index < -0.39 is 0 Å². The lowest BCUT2D eigenvalue weighted by Crippen LogP contribution is -2.26. The van der Waals surface area contributed by atoms with Gasteiger partial charge < -0.3 is 14.7 Å². The number of aromatic nitrogens is 2. The fourth-order valence-corrected chi connectivity index (χ4v) is 3.09. The van der Waals surface area contributed by atoms with Gasteiger partial charge in [0, 0.05) is 36.3 Å². The maximum atomic E-state index is 10.0. The molecule has 1 aromatic carbocycles. The van der Waals surface area contributed by atoms with Crippen molar-refractivity contribution in [3.8, 4) is 22.8 Å². The summed E-state index contributed by atoms with van der Waals surface area (Å²) >= 11 is 3.38. The van der Waals surface area contributed by atoms with Gasteiger partial charge in [-0.3, -0.25) is 5.10 Å². The van der Waals surface area contributed by atoms with Crippen LogP contribution in [-0.4, -0.2) is 40.4 Å². The second kappa shape index (κ2) is 5.69. The van der Waals surface area contributed by atoms with E-state index in [-0.39, 0.29) is 5.75 Å². The normalized spacial score (nSPS) is 15.0. The van der Waals surface area contributed by atoms with Crippen LogP contribution in [0.15, 0.2) is 16.6 Å². The van der Waals surface area contributed by atoms with Crippen LogP contribution in [0.3, 0.4) is 0 Å². The molecule has 21 heavy (non-hydrogen) atoms. The maximum Gasteiger partial charge on any atom is 0.172 e. The summed E-state index contributed by atoms with van der Waals surface area (Å²) in [7, 11) is 2.11. The second-order valence-corrected chi connectivity index (χ2v) is 6.11. The van der Waals surface area contributed by atoms with E-state index in [0.29, 0.717) is 16.8 Å². The summed E-state index contributed by atoms with van der Waals surface area (Å²) in [5.74, 6) is 0.602. The van der Waals surface area contributed by atoms with Crippen molar-refractivity contribution < 1.29 is 9.84 Å². The highest BCUT2D eigenvalue weighted by atomic mass is 79.9. The average molecular weight is 352 g/mol. The smallest absolute Gasteiger partial charge is 0.172 e. The van der Waals surface area contributed by atoms with Crippen LogP contribution < -0.4 is 4.74 Å². The number of benzene rings is 1. The van der Waals surface area contributed by atoms with Crippen molar-refractivity contribution in [2.45, 2.75) is 19.9 Å². The van der Waals surface area contributed by atoms with E-state index in [1.54, 1.807) is 0 Å². The molecule has 0 amide bonds. The Balaban J connectivity index is 2.07. The first kappa shape index (κ1) is 14.4. The molecule has 0 bridgehead atoms. The van der Waals surface area contributed by atoms with Crippen LogP contribution in [0.1, 0.15) is 18.2 Å². The third-order valence-electron chi connectivity index (χ3n) is 3.73. The minimum atomic E-state index is 0.127. The number of hydrogen-bond acceptors (Lipinski definition) is 4. The number of fused-ring (bicyclic) bond motifs is 1. The number of halogens is 1. The third-order valence-corrected chi connectivity index (χ3v) is 4.33. The summed E-state index contributed by atoms with van der Waals surface area (Å²) in [5, 5.41) is 17.6. The molecule has 0 radical (unpaired) electrons. The number of phenolic OH excluding ortho intramolecular Hbond substituents is 1. The number of phenols is 1. The number of nitrogens with one attached hydrogen (secondary N) is 1.